The molecule has 1 aliphatic rings. The highest BCUT2D eigenvalue weighted by Gasteiger charge is 2.20. The van der Waals surface area contributed by atoms with E-state index in [1.54, 1.807) is 12.1 Å². The highest BCUT2D eigenvalue weighted by molar-refractivity contribution is 5.96. The summed E-state index contributed by atoms with van der Waals surface area (Å²) in [7, 11) is 0. The molecule has 0 fully saturated rings. The van der Waals surface area contributed by atoms with Gasteiger partial charge in [-0.25, -0.2) is 4.99 Å². The number of anilines is 1. The molecular weight excluding hydrogens is 232 g/mol. The Morgan fingerprint density at radius 2 is 2.22 bits per heavy atom. The van der Waals surface area contributed by atoms with Crippen LogP contribution in [0.1, 0.15) is 25.8 Å². The molecule has 0 aromatic heterocycles. The van der Waals surface area contributed by atoms with Gasteiger partial charge in [-0.2, -0.15) is 0 Å². The molecule has 5 heteroatoms. The van der Waals surface area contributed by atoms with Gasteiger partial charge in [0, 0.05) is 11.3 Å². The van der Waals surface area contributed by atoms with Gasteiger partial charge in [-0.15, -0.1) is 0 Å². The fourth-order valence-electron chi connectivity index (χ4n) is 1.99. The van der Waals surface area contributed by atoms with Gasteiger partial charge in [0.25, 0.3) is 0 Å². The maximum Gasteiger partial charge on any atom is 0.216 e. The lowest BCUT2D eigenvalue weighted by atomic mass is 10.1. The van der Waals surface area contributed by atoms with Crippen LogP contribution in [-0.2, 0) is 4.74 Å². The molecule has 98 valence electrons. The summed E-state index contributed by atoms with van der Waals surface area (Å²) in [4.78, 5) is 4.47. The first-order valence-corrected chi connectivity index (χ1v) is 6.01. The molecule has 1 aromatic rings. The van der Waals surface area contributed by atoms with E-state index in [-0.39, 0.29) is 11.7 Å². The molecule has 0 aliphatic carbocycles. The van der Waals surface area contributed by atoms with E-state index < -0.39 is 5.23 Å². The number of hydrogen-bond acceptors (Lipinski definition) is 5. The van der Waals surface area contributed by atoms with Gasteiger partial charge >= 0.3 is 0 Å². The van der Waals surface area contributed by atoms with Crippen molar-refractivity contribution < 1.29 is 4.74 Å². The maximum atomic E-state index is 10.7. The first kappa shape index (κ1) is 12.9. The lowest BCUT2D eigenvalue weighted by Crippen LogP contribution is -2.09. The van der Waals surface area contributed by atoms with Crippen LogP contribution >= 0.6 is 0 Å². The predicted octanol–water partition coefficient (Wildman–Crippen LogP) is 2.68. The molecule has 0 bridgehead atoms. The molecule has 0 unspecified atom stereocenters. The fraction of sp³-hybridized carbons (Fsp3) is 0.462. The number of benzene rings is 1. The molecule has 0 N–H and O–H groups in total. The summed E-state index contributed by atoms with van der Waals surface area (Å²) >= 11 is 0. The average molecular weight is 248 g/mol. The minimum absolute atomic E-state index is 0.0612. The summed E-state index contributed by atoms with van der Waals surface area (Å²) in [5, 5.41) is 21.0. The first-order valence-electron chi connectivity index (χ1n) is 6.01. The minimum Gasteiger partial charge on any atom is -0.769 e. The number of hydrogen-bond donors (Lipinski definition) is 0. The van der Waals surface area contributed by atoms with Gasteiger partial charge in [-0.3, -0.25) is 0 Å². The van der Waals surface area contributed by atoms with Crippen LogP contribution < -0.4 is 5.23 Å². The van der Waals surface area contributed by atoms with Gasteiger partial charge < -0.3 is 20.4 Å². The molecule has 1 aliphatic heterocycles. The van der Waals surface area contributed by atoms with Crippen LogP contribution in [-0.4, -0.2) is 18.5 Å². The van der Waals surface area contributed by atoms with Gasteiger partial charge in [0.15, 0.2) is 0 Å². The SMILES string of the molecule is CC(C)C[C@@H]1COC(c2cccc(N([O-])[O-])c2)=N1. The van der Waals surface area contributed by atoms with Crippen molar-refractivity contribution in [2.75, 3.05) is 11.8 Å². The Hall–Kier alpha value is -1.59. The molecule has 2 rings (SSSR count). The van der Waals surface area contributed by atoms with Crippen LogP contribution in [0.4, 0.5) is 5.69 Å². The lowest BCUT2D eigenvalue weighted by Gasteiger charge is -2.37. The lowest BCUT2D eigenvalue weighted by molar-refractivity contribution is 0.301. The van der Waals surface area contributed by atoms with Crippen molar-refractivity contribution in [3.8, 4) is 0 Å². The summed E-state index contributed by atoms with van der Waals surface area (Å²) in [5.41, 5.74) is 0.738. The Labute approximate surface area is 106 Å². The van der Waals surface area contributed by atoms with Crippen LogP contribution in [0.25, 0.3) is 0 Å². The topological polar surface area (TPSA) is 71.0 Å². The molecule has 1 atom stereocenters. The van der Waals surface area contributed by atoms with Crippen molar-refractivity contribution in [2.24, 2.45) is 10.9 Å². The molecule has 1 aromatic carbocycles. The van der Waals surface area contributed by atoms with Crippen LogP contribution in [0.5, 0.6) is 0 Å². The number of ether oxygens (including phenoxy) is 1. The van der Waals surface area contributed by atoms with Crippen molar-refractivity contribution in [1.29, 1.82) is 0 Å². The third-order valence-electron chi connectivity index (χ3n) is 2.76. The Bertz CT molecular complexity index is 444. The zero-order valence-corrected chi connectivity index (χ0v) is 10.5. The Morgan fingerprint density at radius 3 is 2.89 bits per heavy atom. The normalized spacial score (nSPS) is 18.7. The second-order valence-electron chi connectivity index (χ2n) is 4.84. The van der Waals surface area contributed by atoms with Gasteiger partial charge in [0.1, 0.15) is 6.61 Å². The van der Waals surface area contributed by atoms with Crippen LogP contribution in [0, 0.1) is 16.3 Å². The quantitative estimate of drug-likeness (QED) is 0.768. The molecule has 0 amide bonds. The smallest absolute Gasteiger partial charge is 0.216 e. The summed E-state index contributed by atoms with van der Waals surface area (Å²) < 4.78 is 5.51. The highest BCUT2D eigenvalue weighted by atomic mass is 16.8. The zero-order chi connectivity index (χ0) is 13.1. The van der Waals surface area contributed by atoms with E-state index >= 15 is 0 Å². The third kappa shape index (κ3) is 3.00. The molecule has 0 saturated heterocycles. The molecule has 0 radical (unpaired) electrons. The summed E-state index contributed by atoms with van der Waals surface area (Å²) in [5.74, 6) is 1.08. The Morgan fingerprint density at radius 1 is 1.44 bits per heavy atom. The highest BCUT2D eigenvalue weighted by Crippen LogP contribution is 2.20. The van der Waals surface area contributed by atoms with E-state index in [0.29, 0.717) is 24.0 Å². The van der Waals surface area contributed by atoms with Crippen LogP contribution in [0.3, 0.4) is 0 Å². The van der Waals surface area contributed by atoms with Crippen molar-refractivity contribution in [1.82, 2.24) is 0 Å². The van der Waals surface area contributed by atoms with Gasteiger partial charge in [-0.05, 0) is 30.5 Å². The zero-order valence-electron chi connectivity index (χ0n) is 10.5. The van der Waals surface area contributed by atoms with E-state index in [2.05, 4.69) is 18.8 Å². The van der Waals surface area contributed by atoms with Gasteiger partial charge in [0.2, 0.25) is 5.90 Å². The Kier molecular flexibility index (Phi) is 3.84. The molecule has 18 heavy (non-hydrogen) atoms. The molecule has 0 saturated carbocycles. The molecule has 0 spiro atoms. The van der Waals surface area contributed by atoms with E-state index in [1.165, 1.54) is 12.1 Å². The third-order valence-corrected chi connectivity index (χ3v) is 2.76. The monoisotopic (exact) mass is 248 g/mol. The van der Waals surface area contributed by atoms with Crippen LogP contribution in [0.2, 0.25) is 0 Å². The molecular formula is C13H16N2O3-2. The second kappa shape index (κ2) is 5.37. The number of nitrogens with zero attached hydrogens (tertiary/aromatic N) is 2. The van der Waals surface area contributed by atoms with Crippen molar-refractivity contribution in [3.63, 3.8) is 0 Å². The summed E-state index contributed by atoms with van der Waals surface area (Å²) in [6.45, 7) is 4.85. The van der Waals surface area contributed by atoms with E-state index in [0.717, 1.165) is 6.42 Å². The summed E-state index contributed by atoms with van der Waals surface area (Å²) in [6, 6.07) is 6.55. The second-order valence-corrected chi connectivity index (χ2v) is 4.84. The molecule has 1 heterocycles. The molecule has 5 nitrogen and oxygen atoms in total. The fourth-order valence-corrected chi connectivity index (χ4v) is 1.99. The van der Waals surface area contributed by atoms with Crippen molar-refractivity contribution >= 4 is 11.6 Å². The van der Waals surface area contributed by atoms with E-state index in [4.69, 9.17) is 4.74 Å². The standard InChI is InChI=1S/C13H16N2O3/c1-9(2)6-11-8-18-13(14-11)10-4-3-5-12(7-10)15(16)17/h3-5,7,9,11H,6,8H2,1-2H3/q-2/t11-/m1/s1. The number of rotatable bonds is 4. The number of aliphatic imine (C=N–C) groups is 1. The van der Waals surface area contributed by atoms with Gasteiger partial charge in [0.05, 0.1) is 6.04 Å². The largest absolute Gasteiger partial charge is 0.769 e. The average Bonchev–Trinajstić information content (AvgIpc) is 2.77. The van der Waals surface area contributed by atoms with Crippen LogP contribution in [0.15, 0.2) is 29.3 Å². The van der Waals surface area contributed by atoms with Crippen molar-refractivity contribution in [2.45, 2.75) is 26.3 Å². The van der Waals surface area contributed by atoms with E-state index in [1.807, 2.05) is 0 Å². The first-order chi connectivity index (χ1) is 8.56. The van der Waals surface area contributed by atoms with Crippen molar-refractivity contribution in [3.05, 3.63) is 40.2 Å². The van der Waals surface area contributed by atoms with E-state index in [9.17, 15) is 10.4 Å². The maximum absolute atomic E-state index is 10.7. The predicted molar refractivity (Wildman–Crippen MR) is 71.4 cm³/mol. The minimum atomic E-state index is -0.412. The summed E-state index contributed by atoms with van der Waals surface area (Å²) in [6.07, 6.45) is 0.971. The van der Waals surface area contributed by atoms with Gasteiger partial charge in [-0.1, -0.05) is 19.9 Å². The Balaban J connectivity index is 2.15.